The standard InChI is InChI=1S/C27H24FNO5/c1-33-23-12-6-11-22(28)24(23)27(25(30)31)13-16(14-27)29-26(32)34-15-21-19-9-4-2-7-17(19)18-8-3-5-10-20(18)21/h2-12,16,21H,13-15H2,1H3,(H,29,32)(H,30,31). The van der Waals surface area contributed by atoms with Crippen molar-refractivity contribution >= 4 is 12.1 Å². The Kier molecular flexibility index (Phi) is 5.48. The average Bonchev–Trinajstić information content (AvgIpc) is 3.13. The normalized spacial score (nSPS) is 20.6. The van der Waals surface area contributed by atoms with Gasteiger partial charge in [0.25, 0.3) is 0 Å². The van der Waals surface area contributed by atoms with Crippen molar-refractivity contribution in [3.63, 3.8) is 0 Å². The number of ether oxygens (including phenoxy) is 2. The highest BCUT2D eigenvalue weighted by Gasteiger charge is 2.55. The maximum absolute atomic E-state index is 14.6. The molecule has 5 rings (SSSR count). The van der Waals surface area contributed by atoms with Gasteiger partial charge in [-0.15, -0.1) is 0 Å². The maximum Gasteiger partial charge on any atom is 0.407 e. The summed E-state index contributed by atoms with van der Waals surface area (Å²) in [6.07, 6.45) is -0.528. The van der Waals surface area contributed by atoms with Gasteiger partial charge in [-0.05, 0) is 47.2 Å². The molecule has 174 valence electrons. The van der Waals surface area contributed by atoms with Crippen LogP contribution in [0.5, 0.6) is 5.75 Å². The molecule has 3 aromatic rings. The highest BCUT2D eigenvalue weighted by molar-refractivity contribution is 5.85. The van der Waals surface area contributed by atoms with E-state index in [2.05, 4.69) is 17.4 Å². The van der Waals surface area contributed by atoms with Crippen LogP contribution < -0.4 is 10.1 Å². The predicted octanol–water partition coefficient (Wildman–Crippen LogP) is 4.86. The summed E-state index contributed by atoms with van der Waals surface area (Å²) in [5, 5.41) is 12.6. The van der Waals surface area contributed by atoms with Gasteiger partial charge < -0.3 is 19.9 Å². The Labute approximate surface area is 196 Å². The molecule has 0 aliphatic heterocycles. The van der Waals surface area contributed by atoms with E-state index in [0.29, 0.717) is 0 Å². The van der Waals surface area contributed by atoms with Crippen molar-refractivity contribution in [2.75, 3.05) is 13.7 Å². The lowest BCUT2D eigenvalue weighted by Crippen LogP contribution is -2.57. The number of nitrogens with one attached hydrogen (secondary N) is 1. The Bertz CT molecular complexity index is 1220. The number of carboxylic acids is 1. The molecule has 2 N–H and O–H groups in total. The van der Waals surface area contributed by atoms with Crippen LogP contribution in [0.4, 0.5) is 9.18 Å². The van der Waals surface area contributed by atoms with Gasteiger partial charge in [0.1, 0.15) is 23.6 Å². The predicted molar refractivity (Wildman–Crippen MR) is 123 cm³/mol. The number of carboxylic acid groups (broad SMARTS) is 1. The van der Waals surface area contributed by atoms with Crippen molar-refractivity contribution < 1.29 is 28.6 Å². The Hall–Kier alpha value is -3.87. The summed E-state index contributed by atoms with van der Waals surface area (Å²) in [6.45, 7) is 0.164. The van der Waals surface area contributed by atoms with E-state index in [9.17, 15) is 19.1 Å². The number of methoxy groups -OCH3 is 1. The van der Waals surface area contributed by atoms with Gasteiger partial charge in [-0.25, -0.2) is 9.18 Å². The molecular weight excluding hydrogens is 437 g/mol. The van der Waals surface area contributed by atoms with Gasteiger partial charge in [-0.3, -0.25) is 4.79 Å². The first-order valence-electron chi connectivity index (χ1n) is 11.1. The van der Waals surface area contributed by atoms with E-state index in [1.165, 1.54) is 25.3 Å². The first-order valence-corrected chi connectivity index (χ1v) is 11.1. The molecule has 0 saturated heterocycles. The van der Waals surface area contributed by atoms with Crippen LogP contribution in [0.25, 0.3) is 11.1 Å². The molecule has 1 amide bonds. The van der Waals surface area contributed by atoms with E-state index >= 15 is 0 Å². The number of alkyl carbamates (subject to hydrolysis) is 1. The smallest absolute Gasteiger partial charge is 0.407 e. The fraction of sp³-hybridized carbons (Fsp3) is 0.259. The molecule has 0 heterocycles. The fourth-order valence-corrected chi connectivity index (χ4v) is 5.31. The second-order valence-corrected chi connectivity index (χ2v) is 8.78. The molecule has 0 atom stereocenters. The minimum Gasteiger partial charge on any atom is -0.496 e. The van der Waals surface area contributed by atoms with Crippen molar-refractivity contribution in [1.82, 2.24) is 5.32 Å². The minimum atomic E-state index is -1.46. The molecule has 7 heteroatoms. The lowest BCUT2D eigenvalue weighted by Gasteiger charge is -2.45. The van der Waals surface area contributed by atoms with Crippen molar-refractivity contribution in [3.05, 3.63) is 89.2 Å². The van der Waals surface area contributed by atoms with Gasteiger partial charge in [0.15, 0.2) is 0 Å². The van der Waals surface area contributed by atoms with Crippen LogP contribution in [-0.4, -0.2) is 36.9 Å². The third-order valence-corrected chi connectivity index (χ3v) is 6.94. The number of hydrogen-bond acceptors (Lipinski definition) is 4. The van der Waals surface area contributed by atoms with Crippen molar-refractivity contribution in [3.8, 4) is 16.9 Å². The maximum atomic E-state index is 14.6. The van der Waals surface area contributed by atoms with Crippen LogP contribution in [0.1, 0.15) is 35.4 Å². The van der Waals surface area contributed by atoms with Gasteiger partial charge in [-0.2, -0.15) is 0 Å². The van der Waals surface area contributed by atoms with E-state index in [-0.39, 0.29) is 36.7 Å². The average molecular weight is 461 g/mol. The Morgan fingerprint density at radius 2 is 1.62 bits per heavy atom. The molecule has 0 radical (unpaired) electrons. The van der Waals surface area contributed by atoms with Crippen molar-refractivity contribution in [2.24, 2.45) is 0 Å². The molecule has 0 spiro atoms. The Morgan fingerprint density at radius 3 is 2.21 bits per heavy atom. The third-order valence-electron chi connectivity index (χ3n) is 6.94. The highest BCUT2D eigenvalue weighted by atomic mass is 19.1. The van der Waals surface area contributed by atoms with Gasteiger partial charge in [0.2, 0.25) is 0 Å². The summed E-state index contributed by atoms with van der Waals surface area (Å²) in [5.74, 6) is -1.68. The molecule has 34 heavy (non-hydrogen) atoms. The molecule has 3 aromatic carbocycles. The second kappa shape index (κ2) is 8.48. The van der Waals surface area contributed by atoms with Crippen LogP contribution in [0.3, 0.4) is 0 Å². The van der Waals surface area contributed by atoms with Gasteiger partial charge in [0, 0.05) is 17.5 Å². The number of amides is 1. The molecule has 2 aliphatic carbocycles. The molecule has 2 aliphatic rings. The molecular formula is C27H24FNO5. The van der Waals surface area contributed by atoms with E-state index in [0.717, 1.165) is 22.3 Å². The summed E-state index contributed by atoms with van der Waals surface area (Å²) in [5.41, 5.74) is 3.04. The largest absolute Gasteiger partial charge is 0.496 e. The monoisotopic (exact) mass is 461 g/mol. The van der Waals surface area contributed by atoms with Crippen LogP contribution in [-0.2, 0) is 14.9 Å². The van der Waals surface area contributed by atoms with E-state index in [1.807, 2.05) is 36.4 Å². The van der Waals surface area contributed by atoms with E-state index in [4.69, 9.17) is 9.47 Å². The van der Waals surface area contributed by atoms with Crippen LogP contribution in [0, 0.1) is 5.82 Å². The summed E-state index contributed by atoms with van der Waals surface area (Å²) >= 11 is 0. The first kappa shape index (κ1) is 21.9. The van der Waals surface area contributed by atoms with Gasteiger partial charge >= 0.3 is 12.1 Å². The number of halogens is 1. The highest BCUT2D eigenvalue weighted by Crippen LogP contribution is 2.49. The quantitative estimate of drug-likeness (QED) is 0.548. The Balaban J connectivity index is 1.26. The zero-order chi connectivity index (χ0) is 23.9. The number of hydrogen-bond donors (Lipinski definition) is 2. The number of rotatable bonds is 6. The second-order valence-electron chi connectivity index (χ2n) is 8.78. The van der Waals surface area contributed by atoms with Gasteiger partial charge in [-0.1, -0.05) is 54.6 Å². The van der Waals surface area contributed by atoms with Crippen molar-refractivity contribution in [2.45, 2.75) is 30.2 Å². The molecule has 0 unspecified atom stereocenters. The minimum absolute atomic E-state index is 0.00980. The number of aliphatic carboxylic acids is 1. The molecule has 6 nitrogen and oxygen atoms in total. The number of carbonyl (C=O) groups excluding carboxylic acids is 1. The fourth-order valence-electron chi connectivity index (χ4n) is 5.31. The molecule has 1 fully saturated rings. The molecule has 0 bridgehead atoms. The summed E-state index contributed by atoms with van der Waals surface area (Å²) < 4.78 is 25.3. The number of fused-ring (bicyclic) bond motifs is 3. The summed E-state index contributed by atoms with van der Waals surface area (Å²) in [4.78, 5) is 24.7. The van der Waals surface area contributed by atoms with Crippen LogP contribution in [0.2, 0.25) is 0 Å². The lowest BCUT2D eigenvalue weighted by molar-refractivity contribution is -0.148. The van der Waals surface area contributed by atoms with Crippen LogP contribution >= 0.6 is 0 Å². The topological polar surface area (TPSA) is 84.9 Å². The van der Waals surface area contributed by atoms with E-state index < -0.39 is 29.3 Å². The van der Waals surface area contributed by atoms with Crippen LogP contribution in [0.15, 0.2) is 66.7 Å². The summed E-state index contributed by atoms with van der Waals surface area (Å²) in [6, 6.07) is 19.9. The number of carbonyl (C=O) groups is 2. The molecule has 0 aromatic heterocycles. The first-order chi connectivity index (χ1) is 16.4. The lowest BCUT2D eigenvalue weighted by atomic mass is 9.61. The van der Waals surface area contributed by atoms with Gasteiger partial charge in [0.05, 0.1) is 7.11 Å². The summed E-state index contributed by atoms with van der Waals surface area (Å²) in [7, 11) is 1.37. The zero-order valence-electron chi connectivity index (χ0n) is 18.6. The SMILES string of the molecule is COc1cccc(F)c1C1(C(=O)O)CC(NC(=O)OCC2c3ccccc3-c3ccccc32)C1. The number of benzene rings is 3. The zero-order valence-corrected chi connectivity index (χ0v) is 18.6. The Morgan fingerprint density at radius 1 is 1.00 bits per heavy atom. The molecule has 1 saturated carbocycles. The third kappa shape index (κ3) is 3.48. The van der Waals surface area contributed by atoms with Crippen molar-refractivity contribution in [1.29, 1.82) is 0 Å². The van der Waals surface area contributed by atoms with E-state index in [1.54, 1.807) is 0 Å².